The van der Waals surface area contributed by atoms with Crippen molar-refractivity contribution in [1.29, 1.82) is 0 Å². The number of amides is 2. The van der Waals surface area contributed by atoms with E-state index in [0.29, 0.717) is 22.4 Å². The monoisotopic (exact) mass is 420 g/mol. The quantitative estimate of drug-likeness (QED) is 0.571. The molecule has 0 fully saturated rings. The molecule has 3 aromatic rings. The van der Waals surface area contributed by atoms with E-state index in [1.165, 1.54) is 19.2 Å². The van der Waals surface area contributed by atoms with Crippen LogP contribution in [-0.2, 0) is 22.5 Å². The van der Waals surface area contributed by atoms with E-state index in [-0.39, 0.29) is 30.3 Å². The van der Waals surface area contributed by atoms with Crippen LogP contribution in [-0.4, -0.2) is 24.9 Å². The summed E-state index contributed by atoms with van der Waals surface area (Å²) in [4.78, 5) is 36.7. The van der Waals surface area contributed by atoms with Gasteiger partial charge in [-0.15, -0.1) is 0 Å². The Bertz CT molecular complexity index is 1100. The van der Waals surface area contributed by atoms with Crippen molar-refractivity contribution in [1.82, 2.24) is 5.32 Å². The van der Waals surface area contributed by atoms with Crippen molar-refractivity contribution < 1.29 is 23.5 Å². The molecule has 0 saturated heterocycles. The summed E-state index contributed by atoms with van der Waals surface area (Å²) >= 11 is 0. The van der Waals surface area contributed by atoms with Crippen molar-refractivity contribution in [2.75, 3.05) is 12.4 Å². The van der Waals surface area contributed by atoms with Gasteiger partial charge >= 0.3 is 5.97 Å². The molecule has 0 spiro atoms. The fourth-order valence-corrected chi connectivity index (χ4v) is 2.97. The van der Waals surface area contributed by atoms with Crippen LogP contribution in [0.2, 0.25) is 0 Å². The van der Waals surface area contributed by atoms with Crippen molar-refractivity contribution in [3.8, 4) is 0 Å². The number of methoxy groups -OCH3 is 1. The van der Waals surface area contributed by atoms with Crippen molar-refractivity contribution >= 4 is 23.5 Å². The maximum Gasteiger partial charge on any atom is 0.337 e. The highest BCUT2D eigenvalue weighted by atomic mass is 19.1. The van der Waals surface area contributed by atoms with E-state index in [2.05, 4.69) is 10.6 Å². The lowest BCUT2D eigenvalue weighted by atomic mass is 10.1. The summed E-state index contributed by atoms with van der Waals surface area (Å²) in [5, 5.41) is 5.44. The fourth-order valence-electron chi connectivity index (χ4n) is 2.97. The maximum atomic E-state index is 13.7. The third-order valence-corrected chi connectivity index (χ3v) is 4.51. The molecule has 3 rings (SSSR count). The SMILES string of the molecule is COC(=O)c1cc(CNC(=O)Cc2ccccc2F)cc(NC(=O)c2ccccc2)c1. The molecule has 0 aliphatic carbocycles. The minimum absolute atomic E-state index is 0.0896. The van der Waals surface area contributed by atoms with Crippen LogP contribution in [0.15, 0.2) is 72.8 Å². The average molecular weight is 420 g/mol. The van der Waals surface area contributed by atoms with Crippen LogP contribution in [0, 0.1) is 5.82 Å². The highest BCUT2D eigenvalue weighted by Gasteiger charge is 2.13. The van der Waals surface area contributed by atoms with E-state index in [0.717, 1.165) is 0 Å². The molecule has 0 saturated carbocycles. The molecule has 0 unspecified atom stereocenters. The molecule has 0 aliphatic heterocycles. The zero-order valence-corrected chi connectivity index (χ0v) is 16.9. The number of nitrogens with one attached hydrogen (secondary N) is 2. The molecule has 7 heteroatoms. The predicted octanol–water partition coefficient (Wildman–Crippen LogP) is 3.72. The van der Waals surface area contributed by atoms with Crippen molar-refractivity contribution in [2.45, 2.75) is 13.0 Å². The van der Waals surface area contributed by atoms with Gasteiger partial charge < -0.3 is 15.4 Å². The second-order valence-corrected chi connectivity index (χ2v) is 6.78. The number of esters is 1. The normalized spacial score (nSPS) is 10.3. The first kappa shape index (κ1) is 21.7. The largest absolute Gasteiger partial charge is 0.465 e. The summed E-state index contributed by atoms with van der Waals surface area (Å²) in [5.74, 6) is -1.73. The lowest BCUT2D eigenvalue weighted by Gasteiger charge is -2.12. The third kappa shape index (κ3) is 5.99. The first-order chi connectivity index (χ1) is 15.0. The first-order valence-electron chi connectivity index (χ1n) is 9.55. The smallest absolute Gasteiger partial charge is 0.337 e. The molecular weight excluding hydrogens is 399 g/mol. The molecule has 31 heavy (non-hydrogen) atoms. The van der Waals surface area contributed by atoms with Gasteiger partial charge in [0.15, 0.2) is 0 Å². The number of anilines is 1. The Kier molecular flexibility index (Phi) is 7.11. The average Bonchev–Trinajstić information content (AvgIpc) is 2.79. The number of benzene rings is 3. The van der Waals surface area contributed by atoms with Gasteiger partial charge in [-0.1, -0.05) is 36.4 Å². The summed E-state index contributed by atoms with van der Waals surface area (Å²) in [6.07, 6.45) is -0.110. The van der Waals surface area contributed by atoms with Crippen LogP contribution in [0.25, 0.3) is 0 Å². The lowest BCUT2D eigenvalue weighted by Crippen LogP contribution is -2.25. The van der Waals surface area contributed by atoms with Crippen LogP contribution in [0.1, 0.15) is 31.8 Å². The van der Waals surface area contributed by atoms with Gasteiger partial charge in [0, 0.05) is 17.8 Å². The molecule has 0 aliphatic rings. The Morgan fingerprint density at radius 2 is 1.61 bits per heavy atom. The molecule has 6 nitrogen and oxygen atoms in total. The van der Waals surface area contributed by atoms with Crippen LogP contribution >= 0.6 is 0 Å². The molecule has 158 valence electrons. The van der Waals surface area contributed by atoms with Crippen LogP contribution in [0.3, 0.4) is 0 Å². The molecule has 2 amide bonds. The molecule has 0 heterocycles. The van der Waals surface area contributed by atoms with Gasteiger partial charge in [-0.3, -0.25) is 9.59 Å². The van der Waals surface area contributed by atoms with Crippen molar-refractivity contribution in [2.24, 2.45) is 0 Å². The van der Waals surface area contributed by atoms with E-state index in [1.54, 1.807) is 60.7 Å². The third-order valence-electron chi connectivity index (χ3n) is 4.51. The summed E-state index contributed by atoms with van der Waals surface area (Å²) in [6, 6.07) is 19.4. The maximum absolute atomic E-state index is 13.7. The lowest BCUT2D eigenvalue weighted by molar-refractivity contribution is -0.120. The second kappa shape index (κ2) is 10.2. The molecule has 0 aromatic heterocycles. The van der Waals surface area contributed by atoms with Crippen LogP contribution < -0.4 is 10.6 Å². The number of hydrogen-bond acceptors (Lipinski definition) is 4. The molecule has 0 atom stereocenters. The Labute approximate surface area is 179 Å². The summed E-state index contributed by atoms with van der Waals surface area (Å²) < 4.78 is 18.5. The molecule has 0 bridgehead atoms. The second-order valence-electron chi connectivity index (χ2n) is 6.78. The minimum atomic E-state index is -0.574. The molecular formula is C24H21FN2O4. The van der Waals surface area contributed by atoms with Gasteiger partial charge in [-0.2, -0.15) is 0 Å². The zero-order chi connectivity index (χ0) is 22.2. The topological polar surface area (TPSA) is 84.5 Å². The minimum Gasteiger partial charge on any atom is -0.465 e. The van der Waals surface area contributed by atoms with Gasteiger partial charge in [-0.05, 0) is 47.5 Å². The molecule has 3 aromatic carbocycles. The highest BCUT2D eigenvalue weighted by molar-refractivity contribution is 6.05. The standard InChI is InChI=1S/C24H21FN2O4/c1-31-24(30)19-11-16(15-26-22(28)14-18-9-5-6-10-21(18)25)12-20(13-19)27-23(29)17-7-3-2-4-8-17/h2-13H,14-15H2,1H3,(H,26,28)(H,27,29). The van der Waals surface area contributed by atoms with Gasteiger partial charge in [0.05, 0.1) is 19.1 Å². The summed E-state index contributed by atoms with van der Waals surface area (Å²) in [6.45, 7) is 0.0896. The predicted molar refractivity (Wildman–Crippen MR) is 114 cm³/mol. The Morgan fingerprint density at radius 1 is 0.903 bits per heavy atom. The van der Waals surface area contributed by atoms with E-state index >= 15 is 0 Å². The van der Waals surface area contributed by atoms with Gasteiger partial charge in [-0.25, -0.2) is 9.18 Å². The number of hydrogen-bond donors (Lipinski definition) is 2. The Balaban J connectivity index is 1.73. The number of rotatable bonds is 7. The van der Waals surface area contributed by atoms with Gasteiger partial charge in [0.2, 0.25) is 5.91 Å². The molecule has 0 radical (unpaired) electrons. The Morgan fingerprint density at radius 3 is 2.32 bits per heavy atom. The summed E-state index contributed by atoms with van der Waals surface area (Å²) in [7, 11) is 1.26. The zero-order valence-electron chi connectivity index (χ0n) is 16.9. The number of ether oxygens (including phenoxy) is 1. The number of carbonyl (C=O) groups is 3. The number of carbonyl (C=O) groups excluding carboxylic acids is 3. The fraction of sp³-hybridized carbons (Fsp3) is 0.125. The molecule has 2 N–H and O–H groups in total. The highest BCUT2D eigenvalue weighted by Crippen LogP contribution is 2.18. The van der Waals surface area contributed by atoms with Crippen LogP contribution in [0.5, 0.6) is 0 Å². The Hall–Kier alpha value is -4.00. The van der Waals surface area contributed by atoms with E-state index in [9.17, 15) is 18.8 Å². The van der Waals surface area contributed by atoms with Crippen molar-refractivity contribution in [3.05, 3.63) is 101 Å². The first-order valence-corrected chi connectivity index (χ1v) is 9.55. The number of halogens is 1. The summed E-state index contributed by atoms with van der Waals surface area (Å²) in [5.41, 5.74) is 1.94. The van der Waals surface area contributed by atoms with Gasteiger partial charge in [0.1, 0.15) is 5.82 Å². The van der Waals surface area contributed by atoms with Crippen LogP contribution in [0.4, 0.5) is 10.1 Å². The van der Waals surface area contributed by atoms with Crippen molar-refractivity contribution in [3.63, 3.8) is 0 Å². The van der Waals surface area contributed by atoms with E-state index in [4.69, 9.17) is 4.74 Å². The van der Waals surface area contributed by atoms with E-state index in [1.807, 2.05) is 0 Å². The van der Waals surface area contributed by atoms with Gasteiger partial charge in [0.25, 0.3) is 5.91 Å². The van der Waals surface area contributed by atoms with E-state index < -0.39 is 11.8 Å².